The van der Waals surface area contributed by atoms with Crippen molar-refractivity contribution in [1.82, 2.24) is 10.3 Å². The second kappa shape index (κ2) is 4.49. The Bertz CT molecular complexity index is 557. The average molecular weight is 216 g/mol. The Balaban J connectivity index is 2.59. The molecule has 0 unspecified atom stereocenters. The lowest BCUT2D eigenvalue weighted by Gasteiger charge is -2.08. The minimum Gasteiger partial charge on any atom is -0.322 e. The lowest BCUT2D eigenvalue weighted by molar-refractivity contribution is 0.794. The van der Waals surface area contributed by atoms with Gasteiger partial charge in [0.15, 0.2) is 0 Å². The summed E-state index contributed by atoms with van der Waals surface area (Å²) in [6.07, 6.45) is 0.972. The molecule has 0 aliphatic carbocycles. The fourth-order valence-electron chi connectivity index (χ4n) is 1.93. The maximum atomic E-state index is 11.3. The van der Waals surface area contributed by atoms with Crippen LogP contribution in [0.2, 0.25) is 0 Å². The molecule has 1 heterocycles. The van der Waals surface area contributed by atoms with E-state index in [0.29, 0.717) is 0 Å². The number of pyridine rings is 1. The van der Waals surface area contributed by atoms with E-state index in [0.717, 1.165) is 29.4 Å². The van der Waals surface area contributed by atoms with Gasteiger partial charge in [0.25, 0.3) is 0 Å². The summed E-state index contributed by atoms with van der Waals surface area (Å²) in [4.78, 5) is 14.2. The van der Waals surface area contributed by atoms with Crippen LogP contribution in [0.25, 0.3) is 10.9 Å². The van der Waals surface area contributed by atoms with Crippen molar-refractivity contribution in [3.63, 3.8) is 0 Å². The van der Waals surface area contributed by atoms with Gasteiger partial charge in [0.05, 0.1) is 5.52 Å². The van der Waals surface area contributed by atoms with Gasteiger partial charge in [0.1, 0.15) is 0 Å². The smallest absolute Gasteiger partial charge is 0.248 e. The van der Waals surface area contributed by atoms with Crippen molar-refractivity contribution in [2.24, 2.45) is 0 Å². The van der Waals surface area contributed by atoms with Crippen LogP contribution in [0.15, 0.2) is 29.1 Å². The molecule has 2 rings (SSSR count). The third-order valence-corrected chi connectivity index (χ3v) is 2.84. The van der Waals surface area contributed by atoms with Gasteiger partial charge >= 0.3 is 0 Å². The van der Waals surface area contributed by atoms with Gasteiger partial charge in [-0.1, -0.05) is 12.1 Å². The third-order valence-electron chi connectivity index (χ3n) is 2.84. The van der Waals surface area contributed by atoms with Gasteiger partial charge in [-0.15, -0.1) is 0 Å². The Hall–Kier alpha value is -1.61. The molecule has 0 bridgehead atoms. The second-order valence-electron chi connectivity index (χ2n) is 4.01. The lowest BCUT2D eigenvalue weighted by Crippen LogP contribution is -2.11. The zero-order valence-electron chi connectivity index (χ0n) is 9.63. The Kier molecular flexibility index (Phi) is 3.06. The van der Waals surface area contributed by atoms with Crippen molar-refractivity contribution in [2.75, 3.05) is 13.6 Å². The van der Waals surface area contributed by atoms with Crippen LogP contribution >= 0.6 is 0 Å². The van der Waals surface area contributed by atoms with E-state index in [2.05, 4.69) is 22.4 Å². The highest BCUT2D eigenvalue weighted by atomic mass is 16.1. The Labute approximate surface area is 94.5 Å². The minimum absolute atomic E-state index is 0.0404. The van der Waals surface area contributed by atoms with E-state index in [1.54, 1.807) is 6.07 Å². The molecule has 1 aromatic heterocycles. The van der Waals surface area contributed by atoms with E-state index in [9.17, 15) is 4.79 Å². The molecular formula is C13H16N2O. The minimum atomic E-state index is -0.0404. The molecular weight excluding hydrogens is 200 g/mol. The zero-order valence-corrected chi connectivity index (χ0v) is 9.63. The number of H-pyrrole nitrogens is 1. The summed E-state index contributed by atoms with van der Waals surface area (Å²) >= 11 is 0. The first kappa shape index (κ1) is 10.9. The summed E-state index contributed by atoms with van der Waals surface area (Å²) in [7, 11) is 1.94. The van der Waals surface area contributed by atoms with Crippen molar-refractivity contribution < 1.29 is 0 Å². The predicted molar refractivity (Wildman–Crippen MR) is 66.9 cm³/mol. The predicted octanol–water partition coefficient (Wildman–Crippen LogP) is 1.60. The number of likely N-dealkylation sites (N-methyl/N-ethyl adjacent to an activating group) is 1. The topological polar surface area (TPSA) is 44.9 Å². The van der Waals surface area contributed by atoms with E-state index < -0.39 is 0 Å². The standard InChI is InChI=1S/C13H16N2O/c1-9-3-4-10(7-8-14-2)11-5-6-12(16)15-13(9)11/h3-6,14H,7-8H2,1-2H3,(H,15,16). The first-order chi connectivity index (χ1) is 7.72. The van der Waals surface area contributed by atoms with E-state index in [-0.39, 0.29) is 5.56 Å². The number of hydrogen-bond acceptors (Lipinski definition) is 2. The number of aromatic nitrogens is 1. The largest absolute Gasteiger partial charge is 0.322 e. The van der Waals surface area contributed by atoms with Gasteiger partial charge < -0.3 is 10.3 Å². The quantitative estimate of drug-likeness (QED) is 0.818. The first-order valence-corrected chi connectivity index (χ1v) is 5.48. The number of aromatic amines is 1. The van der Waals surface area contributed by atoms with E-state index in [1.165, 1.54) is 5.56 Å². The molecule has 84 valence electrons. The molecule has 0 atom stereocenters. The van der Waals surface area contributed by atoms with Crippen molar-refractivity contribution in [1.29, 1.82) is 0 Å². The van der Waals surface area contributed by atoms with Crippen molar-refractivity contribution >= 4 is 10.9 Å². The highest BCUT2D eigenvalue weighted by molar-refractivity contribution is 5.84. The number of aryl methyl sites for hydroxylation is 1. The molecule has 2 N–H and O–H groups in total. The van der Waals surface area contributed by atoms with Gasteiger partial charge in [0.2, 0.25) is 5.56 Å². The fraction of sp³-hybridized carbons (Fsp3) is 0.308. The van der Waals surface area contributed by atoms with Crippen LogP contribution in [0.3, 0.4) is 0 Å². The summed E-state index contributed by atoms with van der Waals surface area (Å²) in [5.41, 5.74) is 3.30. The summed E-state index contributed by atoms with van der Waals surface area (Å²) in [5, 5.41) is 4.28. The van der Waals surface area contributed by atoms with Crippen molar-refractivity contribution in [3.8, 4) is 0 Å². The van der Waals surface area contributed by atoms with Gasteiger partial charge in [-0.05, 0) is 44.1 Å². The maximum absolute atomic E-state index is 11.3. The molecule has 0 aliphatic heterocycles. The Morgan fingerprint density at radius 2 is 2.06 bits per heavy atom. The number of fused-ring (bicyclic) bond motifs is 1. The highest BCUT2D eigenvalue weighted by Crippen LogP contribution is 2.19. The number of hydrogen-bond donors (Lipinski definition) is 2. The van der Waals surface area contributed by atoms with Crippen LogP contribution in [0, 0.1) is 6.92 Å². The summed E-state index contributed by atoms with van der Waals surface area (Å²) in [5.74, 6) is 0. The van der Waals surface area contributed by atoms with E-state index >= 15 is 0 Å². The molecule has 0 spiro atoms. The number of nitrogens with one attached hydrogen (secondary N) is 2. The zero-order chi connectivity index (χ0) is 11.5. The lowest BCUT2D eigenvalue weighted by atomic mass is 10.0. The molecule has 1 aromatic carbocycles. The van der Waals surface area contributed by atoms with E-state index in [1.807, 2.05) is 20.0 Å². The van der Waals surface area contributed by atoms with Gasteiger partial charge in [-0.25, -0.2) is 0 Å². The molecule has 0 fully saturated rings. The van der Waals surface area contributed by atoms with Crippen molar-refractivity contribution in [2.45, 2.75) is 13.3 Å². The molecule has 0 amide bonds. The molecule has 0 radical (unpaired) electrons. The van der Waals surface area contributed by atoms with Crippen LogP contribution in [0.1, 0.15) is 11.1 Å². The molecule has 2 aromatic rings. The van der Waals surface area contributed by atoms with Crippen LogP contribution in [0.5, 0.6) is 0 Å². The van der Waals surface area contributed by atoms with Crippen molar-refractivity contribution in [3.05, 3.63) is 45.7 Å². The molecule has 3 nitrogen and oxygen atoms in total. The molecule has 0 saturated carbocycles. The normalized spacial score (nSPS) is 10.9. The number of benzene rings is 1. The van der Waals surface area contributed by atoms with Crippen LogP contribution < -0.4 is 10.9 Å². The first-order valence-electron chi connectivity index (χ1n) is 5.48. The molecule has 0 aliphatic rings. The van der Waals surface area contributed by atoms with Gasteiger partial charge in [0, 0.05) is 11.5 Å². The fourth-order valence-corrected chi connectivity index (χ4v) is 1.93. The summed E-state index contributed by atoms with van der Waals surface area (Å²) in [6, 6.07) is 7.69. The van der Waals surface area contributed by atoms with E-state index in [4.69, 9.17) is 0 Å². The third kappa shape index (κ3) is 1.99. The van der Waals surface area contributed by atoms with Crippen LogP contribution in [0.4, 0.5) is 0 Å². The second-order valence-corrected chi connectivity index (χ2v) is 4.01. The van der Waals surface area contributed by atoms with Gasteiger partial charge in [-0.2, -0.15) is 0 Å². The summed E-state index contributed by atoms with van der Waals surface area (Å²) in [6.45, 7) is 2.96. The highest BCUT2D eigenvalue weighted by Gasteiger charge is 2.03. The molecule has 16 heavy (non-hydrogen) atoms. The van der Waals surface area contributed by atoms with Gasteiger partial charge in [-0.3, -0.25) is 4.79 Å². The summed E-state index contributed by atoms with van der Waals surface area (Å²) < 4.78 is 0. The molecule has 3 heteroatoms. The number of rotatable bonds is 3. The van der Waals surface area contributed by atoms with Crippen LogP contribution in [-0.4, -0.2) is 18.6 Å². The SMILES string of the molecule is CNCCc1ccc(C)c2[nH]c(=O)ccc12. The molecule has 0 saturated heterocycles. The monoisotopic (exact) mass is 216 g/mol. The van der Waals surface area contributed by atoms with Crippen LogP contribution in [-0.2, 0) is 6.42 Å². The Morgan fingerprint density at radius 1 is 1.25 bits per heavy atom. The Morgan fingerprint density at radius 3 is 2.81 bits per heavy atom. The maximum Gasteiger partial charge on any atom is 0.248 e. The average Bonchev–Trinajstić information content (AvgIpc) is 2.29.